The SMILES string of the molecule is O=c1c2cccnc2ncn1Cc1ccccc1. The molecule has 4 heteroatoms. The zero-order valence-corrected chi connectivity index (χ0v) is 9.65. The monoisotopic (exact) mass is 237 g/mol. The van der Waals surface area contributed by atoms with Crippen molar-refractivity contribution in [2.45, 2.75) is 6.54 Å². The maximum atomic E-state index is 12.2. The van der Waals surface area contributed by atoms with Gasteiger partial charge in [0.15, 0.2) is 5.65 Å². The summed E-state index contributed by atoms with van der Waals surface area (Å²) in [6.45, 7) is 0.525. The van der Waals surface area contributed by atoms with Gasteiger partial charge >= 0.3 is 0 Å². The van der Waals surface area contributed by atoms with Crippen LogP contribution in [0.25, 0.3) is 11.0 Å². The highest BCUT2D eigenvalue weighted by Gasteiger charge is 2.04. The van der Waals surface area contributed by atoms with Gasteiger partial charge in [-0.1, -0.05) is 30.3 Å². The van der Waals surface area contributed by atoms with E-state index in [2.05, 4.69) is 9.97 Å². The third-order valence-corrected chi connectivity index (χ3v) is 2.79. The molecule has 0 saturated heterocycles. The fraction of sp³-hybridized carbons (Fsp3) is 0.0714. The average molecular weight is 237 g/mol. The second-order valence-corrected chi connectivity index (χ2v) is 4.04. The molecule has 0 N–H and O–H groups in total. The predicted octanol–water partition coefficient (Wildman–Crippen LogP) is 1.84. The van der Waals surface area contributed by atoms with Gasteiger partial charge in [-0.05, 0) is 17.7 Å². The lowest BCUT2D eigenvalue weighted by Crippen LogP contribution is -2.21. The van der Waals surface area contributed by atoms with Crippen molar-refractivity contribution < 1.29 is 0 Å². The first kappa shape index (κ1) is 10.7. The number of aromatic nitrogens is 3. The summed E-state index contributed by atoms with van der Waals surface area (Å²) < 4.78 is 1.60. The van der Waals surface area contributed by atoms with Gasteiger partial charge in [-0.25, -0.2) is 9.97 Å². The predicted molar refractivity (Wildman–Crippen MR) is 69.3 cm³/mol. The number of pyridine rings is 1. The van der Waals surface area contributed by atoms with E-state index in [1.807, 2.05) is 30.3 Å². The van der Waals surface area contributed by atoms with Gasteiger partial charge in [0.1, 0.15) is 6.33 Å². The van der Waals surface area contributed by atoms with E-state index in [1.54, 1.807) is 29.2 Å². The first-order valence-electron chi connectivity index (χ1n) is 5.69. The van der Waals surface area contributed by atoms with Crippen molar-refractivity contribution in [1.29, 1.82) is 0 Å². The molecule has 88 valence electrons. The van der Waals surface area contributed by atoms with Crippen LogP contribution < -0.4 is 5.56 Å². The lowest BCUT2D eigenvalue weighted by molar-refractivity contribution is 0.747. The van der Waals surface area contributed by atoms with Gasteiger partial charge in [0.05, 0.1) is 11.9 Å². The minimum Gasteiger partial charge on any atom is -0.294 e. The van der Waals surface area contributed by atoms with Crippen molar-refractivity contribution in [3.8, 4) is 0 Å². The summed E-state index contributed by atoms with van der Waals surface area (Å²) in [6.07, 6.45) is 3.18. The van der Waals surface area contributed by atoms with Gasteiger partial charge in [0.25, 0.3) is 5.56 Å². The number of rotatable bonds is 2. The topological polar surface area (TPSA) is 47.8 Å². The second-order valence-electron chi connectivity index (χ2n) is 4.04. The van der Waals surface area contributed by atoms with Crippen molar-refractivity contribution in [3.05, 3.63) is 70.9 Å². The molecule has 1 aromatic carbocycles. The fourth-order valence-corrected chi connectivity index (χ4v) is 1.89. The van der Waals surface area contributed by atoms with Crippen molar-refractivity contribution in [3.63, 3.8) is 0 Å². The summed E-state index contributed by atoms with van der Waals surface area (Å²) in [5.41, 5.74) is 1.51. The van der Waals surface area contributed by atoms with Gasteiger partial charge in [-0.2, -0.15) is 0 Å². The van der Waals surface area contributed by atoms with Crippen LogP contribution in [0, 0.1) is 0 Å². The van der Waals surface area contributed by atoms with Crippen LogP contribution in [0.4, 0.5) is 0 Å². The van der Waals surface area contributed by atoms with Crippen LogP contribution in [-0.2, 0) is 6.54 Å². The minimum absolute atomic E-state index is 0.0584. The normalized spacial score (nSPS) is 10.7. The van der Waals surface area contributed by atoms with Crippen molar-refractivity contribution in [2.75, 3.05) is 0 Å². The average Bonchev–Trinajstić information content (AvgIpc) is 2.43. The summed E-state index contributed by atoms with van der Waals surface area (Å²) in [4.78, 5) is 20.5. The Morgan fingerprint density at radius 2 is 1.83 bits per heavy atom. The lowest BCUT2D eigenvalue weighted by Gasteiger charge is -2.05. The molecule has 0 fully saturated rings. The van der Waals surface area contributed by atoms with Gasteiger partial charge in [-0.15, -0.1) is 0 Å². The Hall–Kier alpha value is -2.49. The molecule has 0 amide bonds. The summed E-state index contributed by atoms with van der Waals surface area (Å²) in [5.74, 6) is 0. The third kappa shape index (κ3) is 1.88. The van der Waals surface area contributed by atoms with Gasteiger partial charge in [-0.3, -0.25) is 9.36 Å². The molecule has 4 nitrogen and oxygen atoms in total. The molecule has 2 heterocycles. The van der Waals surface area contributed by atoms with Crippen LogP contribution in [0.5, 0.6) is 0 Å². The van der Waals surface area contributed by atoms with Crippen LogP contribution in [0.3, 0.4) is 0 Å². The van der Waals surface area contributed by atoms with Crippen LogP contribution in [0.2, 0.25) is 0 Å². The van der Waals surface area contributed by atoms with Crippen LogP contribution in [0.1, 0.15) is 5.56 Å². The highest BCUT2D eigenvalue weighted by molar-refractivity contribution is 5.72. The van der Waals surface area contributed by atoms with Crippen molar-refractivity contribution in [2.24, 2.45) is 0 Å². The highest BCUT2D eigenvalue weighted by Crippen LogP contribution is 2.04. The summed E-state index contributed by atoms with van der Waals surface area (Å²) >= 11 is 0. The molecule has 0 spiro atoms. The highest BCUT2D eigenvalue weighted by atomic mass is 16.1. The van der Waals surface area contributed by atoms with E-state index in [9.17, 15) is 4.79 Å². The molecular formula is C14H11N3O. The molecule has 0 radical (unpaired) electrons. The third-order valence-electron chi connectivity index (χ3n) is 2.79. The van der Waals surface area contributed by atoms with Crippen LogP contribution in [0.15, 0.2) is 59.8 Å². The molecule has 3 aromatic rings. The standard InChI is InChI=1S/C14H11N3O/c18-14-12-7-4-8-15-13(12)16-10-17(14)9-11-5-2-1-3-6-11/h1-8,10H,9H2. The quantitative estimate of drug-likeness (QED) is 0.683. The van der Waals surface area contributed by atoms with Crippen LogP contribution in [-0.4, -0.2) is 14.5 Å². The van der Waals surface area contributed by atoms with Crippen LogP contribution >= 0.6 is 0 Å². The van der Waals surface area contributed by atoms with Gasteiger partial charge < -0.3 is 0 Å². The number of benzene rings is 1. The molecule has 0 aliphatic carbocycles. The number of hydrogen-bond donors (Lipinski definition) is 0. The number of nitrogens with zero attached hydrogens (tertiary/aromatic N) is 3. The zero-order chi connectivity index (χ0) is 12.4. The van der Waals surface area contributed by atoms with Crippen molar-refractivity contribution >= 4 is 11.0 Å². The molecule has 18 heavy (non-hydrogen) atoms. The molecule has 3 rings (SSSR count). The summed E-state index contributed by atoms with van der Waals surface area (Å²) in [7, 11) is 0. The molecule has 0 aliphatic rings. The molecule has 0 aliphatic heterocycles. The van der Waals surface area contributed by atoms with E-state index in [0.717, 1.165) is 5.56 Å². The molecular weight excluding hydrogens is 226 g/mol. The zero-order valence-electron chi connectivity index (χ0n) is 9.65. The van der Waals surface area contributed by atoms with Gasteiger partial charge in [0.2, 0.25) is 0 Å². The van der Waals surface area contributed by atoms with E-state index < -0.39 is 0 Å². The molecule has 0 saturated carbocycles. The van der Waals surface area contributed by atoms with E-state index in [0.29, 0.717) is 17.6 Å². The maximum Gasteiger partial charge on any atom is 0.263 e. The Balaban J connectivity index is 2.08. The molecule has 0 bridgehead atoms. The Bertz CT molecular complexity index is 735. The Morgan fingerprint density at radius 3 is 2.67 bits per heavy atom. The largest absolute Gasteiger partial charge is 0.294 e. The summed E-state index contributed by atoms with van der Waals surface area (Å²) in [5, 5.41) is 0.552. The van der Waals surface area contributed by atoms with E-state index >= 15 is 0 Å². The maximum absolute atomic E-state index is 12.2. The number of hydrogen-bond acceptors (Lipinski definition) is 3. The first-order chi connectivity index (χ1) is 8.84. The second kappa shape index (κ2) is 4.41. The molecule has 0 unspecified atom stereocenters. The Morgan fingerprint density at radius 1 is 1.00 bits per heavy atom. The van der Waals surface area contributed by atoms with E-state index in [4.69, 9.17) is 0 Å². The Kier molecular flexibility index (Phi) is 2.61. The minimum atomic E-state index is -0.0584. The lowest BCUT2D eigenvalue weighted by atomic mass is 10.2. The molecule has 2 aromatic heterocycles. The molecule has 0 atom stereocenters. The van der Waals surface area contributed by atoms with Gasteiger partial charge in [0, 0.05) is 6.20 Å². The van der Waals surface area contributed by atoms with E-state index in [-0.39, 0.29) is 5.56 Å². The Labute approximate surface area is 104 Å². The van der Waals surface area contributed by atoms with E-state index in [1.165, 1.54) is 0 Å². The first-order valence-corrected chi connectivity index (χ1v) is 5.69. The number of fused-ring (bicyclic) bond motifs is 1. The summed E-state index contributed by atoms with van der Waals surface area (Å²) in [6, 6.07) is 13.3. The smallest absolute Gasteiger partial charge is 0.263 e. The fourth-order valence-electron chi connectivity index (χ4n) is 1.89. The van der Waals surface area contributed by atoms with Crippen molar-refractivity contribution in [1.82, 2.24) is 14.5 Å².